The Morgan fingerprint density at radius 2 is 2.13 bits per heavy atom. The Bertz CT molecular complexity index is 298. The Kier molecular flexibility index (Phi) is 5.20. The summed E-state index contributed by atoms with van der Waals surface area (Å²) in [6.07, 6.45) is 1.06. The van der Waals surface area contributed by atoms with Gasteiger partial charge in [-0.15, -0.1) is 0 Å². The lowest BCUT2D eigenvalue weighted by Crippen LogP contribution is -2.29. The van der Waals surface area contributed by atoms with Crippen molar-refractivity contribution in [1.82, 2.24) is 0 Å². The minimum atomic E-state index is 0.319. The van der Waals surface area contributed by atoms with Crippen molar-refractivity contribution in [2.45, 2.75) is 44.2 Å². The van der Waals surface area contributed by atoms with Crippen LogP contribution in [-0.2, 0) is 5.75 Å². The number of benzene rings is 1. The van der Waals surface area contributed by atoms with E-state index >= 15 is 0 Å². The van der Waals surface area contributed by atoms with Gasteiger partial charge >= 0.3 is 0 Å². The molecule has 0 aliphatic rings. The Morgan fingerprint density at radius 3 is 2.73 bits per heavy atom. The van der Waals surface area contributed by atoms with Crippen LogP contribution in [0.3, 0.4) is 0 Å². The predicted octanol–water partition coefficient (Wildman–Crippen LogP) is 3.35. The topological polar surface area (TPSA) is 26.0 Å². The highest BCUT2D eigenvalue weighted by molar-refractivity contribution is 7.99. The van der Waals surface area contributed by atoms with Gasteiger partial charge in [0, 0.05) is 17.0 Å². The van der Waals surface area contributed by atoms with Crippen LogP contribution in [0.25, 0.3) is 0 Å². The van der Waals surface area contributed by atoms with Crippen LogP contribution in [-0.4, -0.2) is 11.3 Å². The first kappa shape index (κ1) is 12.6. The van der Waals surface area contributed by atoms with Crippen molar-refractivity contribution in [3.8, 4) is 0 Å². The van der Waals surface area contributed by atoms with Crippen LogP contribution >= 0.6 is 11.8 Å². The molecule has 1 rings (SSSR count). The van der Waals surface area contributed by atoms with E-state index in [-0.39, 0.29) is 0 Å². The van der Waals surface area contributed by atoms with Gasteiger partial charge in [-0.25, -0.2) is 0 Å². The first-order chi connectivity index (χ1) is 7.13. The van der Waals surface area contributed by atoms with Crippen molar-refractivity contribution in [3.63, 3.8) is 0 Å². The van der Waals surface area contributed by atoms with E-state index in [0.29, 0.717) is 11.3 Å². The van der Waals surface area contributed by atoms with Crippen molar-refractivity contribution in [2.75, 3.05) is 0 Å². The molecule has 2 heteroatoms. The lowest BCUT2D eigenvalue weighted by atomic mass is 10.2. The van der Waals surface area contributed by atoms with E-state index in [2.05, 4.69) is 45.0 Å². The van der Waals surface area contributed by atoms with E-state index in [1.807, 2.05) is 11.8 Å². The number of nitrogens with two attached hydrogens (primary N) is 1. The normalized spacial score (nSPS) is 14.9. The minimum absolute atomic E-state index is 0.319. The molecular formula is C13H21NS. The molecule has 0 aliphatic heterocycles. The van der Waals surface area contributed by atoms with E-state index in [0.717, 1.165) is 12.2 Å². The van der Waals surface area contributed by atoms with Crippen LogP contribution < -0.4 is 5.73 Å². The lowest BCUT2D eigenvalue weighted by molar-refractivity contribution is 0.642. The summed E-state index contributed by atoms with van der Waals surface area (Å²) in [5, 5.41) is 0.538. The second-order valence-electron chi connectivity index (χ2n) is 4.08. The van der Waals surface area contributed by atoms with Crippen molar-refractivity contribution < 1.29 is 0 Å². The second kappa shape index (κ2) is 6.19. The zero-order valence-electron chi connectivity index (χ0n) is 9.86. The highest BCUT2D eigenvalue weighted by Gasteiger charge is 2.10. The molecule has 2 unspecified atom stereocenters. The van der Waals surface area contributed by atoms with Crippen LogP contribution in [0.4, 0.5) is 0 Å². The lowest BCUT2D eigenvalue weighted by Gasteiger charge is -2.17. The standard InChI is InChI=1S/C13H21NS/c1-4-13(14)11(3)15-9-12-7-5-6-10(2)8-12/h5-8,11,13H,4,9,14H2,1-3H3. The van der Waals surface area contributed by atoms with Gasteiger partial charge in [0.25, 0.3) is 0 Å². The van der Waals surface area contributed by atoms with Crippen LogP contribution in [0, 0.1) is 6.92 Å². The first-order valence-corrected chi connectivity index (χ1v) is 6.61. The summed E-state index contributed by atoms with van der Waals surface area (Å²) in [5.41, 5.74) is 8.72. The molecule has 0 fully saturated rings. The molecule has 0 aromatic heterocycles. The van der Waals surface area contributed by atoms with Crippen molar-refractivity contribution in [3.05, 3.63) is 35.4 Å². The number of thioether (sulfide) groups is 1. The van der Waals surface area contributed by atoms with Crippen molar-refractivity contribution >= 4 is 11.8 Å². The highest BCUT2D eigenvalue weighted by atomic mass is 32.2. The van der Waals surface area contributed by atoms with E-state index in [9.17, 15) is 0 Å². The SMILES string of the molecule is CCC(N)C(C)SCc1cccc(C)c1. The smallest absolute Gasteiger partial charge is 0.0187 e. The molecule has 15 heavy (non-hydrogen) atoms. The summed E-state index contributed by atoms with van der Waals surface area (Å²) < 4.78 is 0. The Hall–Kier alpha value is -0.470. The molecule has 1 nitrogen and oxygen atoms in total. The highest BCUT2D eigenvalue weighted by Crippen LogP contribution is 2.20. The molecule has 0 heterocycles. The van der Waals surface area contributed by atoms with E-state index < -0.39 is 0 Å². The molecule has 1 aromatic carbocycles. The van der Waals surface area contributed by atoms with Gasteiger partial charge in [0.05, 0.1) is 0 Å². The molecule has 84 valence electrons. The summed E-state index contributed by atoms with van der Waals surface area (Å²) in [6.45, 7) is 6.50. The summed E-state index contributed by atoms with van der Waals surface area (Å²) in [7, 11) is 0. The van der Waals surface area contributed by atoms with Gasteiger partial charge in [-0.05, 0) is 18.9 Å². The molecule has 1 aromatic rings. The monoisotopic (exact) mass is 223 g/mol. The van der Waals surface area contributed by atoms with Crippen LogP contribution in [0.15, 0.2) is 24.3 Å². The third-order valence-electron chi connectivity index (χ3n) is 2.67. The maximum atomic E-state index is 5.99. The van der Waals surface area contributed by atoms with Gasteiger partial charge in [0.2, 0.25) is 0 Å². The Labute approximate surface area is 97.4 Å². The number of rotatable bonds is 5. The Morgan fingerprint density at radius 1 is 1.40 bits per heavy atom. The molecule has 2 atom stereocenters. The van der Waals surface area contributed by atoms with Gasteiger partial charge in [-0.3, -0.25) is 0 Å². The number of hydrogen-bond acceptors (Lipinski definition) is 2. The molecule has 0 radical (unpaired) electrons. The summed E-state index contributed by atoms with van der Waals surface area (Å²) in [5.74, 6) is 1.07. The molecule has 0 aliphatic carbocycles. The molecule has 0 amide bonds. The van der Waals surface area contributed by atoms with Crippen molar-refractivity contribution in [2.24, 2.45) is 5.73 Å². The van der Waals surface area contributed by atoms with Crippen LogP contribution in [0.1, 0.15) is 31.4 Å². The summed E-state index contributed by atoms with van der Waals surface area (Å²) in [4.78, 5) is 0. The third-order valence-corrected chi connectivity index (χ3v) is 4.05. The van der Waals surface area contributed by atoms with Gasteiger partial charge in [-0.1, -0.05) is 43.7 Å². The fraction of sp³-hybridized carbons (Fsp3) is 0.538. The third kappa shape index (κ3) is 4.27. The van der Waals surface area contributed by atoms with Gasteiger partial charge in [0.1, 0.15) is 0 Å². The van der Waals surface area contributed by atoms with E-state index in [1.54, 1.807) is 0 Å². The zero-order valence-corrected chi connectivity index (χ0v) is 10.7. The fourth-order valence-corrected chi connectivity index (χ4v) is 2.56. The maximum absolute atomic E-state index is 5.99. The molecule has 0 spiro atoms. The van der Waals surface area contributed by atoms with Crippen LogP contribution in [0.2, 0.25) is 0 Å². The number of hydrogen-bond donors (Lipinski definition) is 1. The molecule has 0 bridgehead atoms. The fourth-order valence-electron chi connectivity index (χ4n) is 1.49. The summed E-state index contributed by atoms with van der Waals surface area (Å²) in [6, 6.07) is 9.01. The van der Waals surface area contributed by atoms with Gasteiger partial charge < -0.3 is 5.73 Å². The molecule has 2 N–H and O–H groups in total. The molecule has 0 saturated carbocycles. The van der Waals surface area contributed by atoms with Gasteiger partial charge in [-0.2, -0.15) is 11.8 Å². The first-order valence-electron chi connectivity index (χ1n) is 5.56. The molecular weight excluding hydrogens is 202 g/mol. The van der Waals surface area contributed by atoms with Crippen molar-refractivity contribution in [1.29, 1.82) is 0 Å². The van der Waals surface area contributed by atoms with E-state index in [4.69, 9.17) is 5.73 Å². The second-order valence-corrected chi connectivity index (χ2v) is 5.44. The maximum Gasteiger partial charge on any atom is 0.0187 e. The largest absolute Gasteiger partial charge is 0.327 e. The quantitative estimate of drug-likeness (QED) is 0.828. The average Bonchev–Trinajstić information content (AvgIpc) is 2.25. The zero-order chi connectivity index (χ0) is 11.3. The Balaban J connectivity index is 2.43. The number of aryl methyl sites for hydroxylation is 1. The van der Waals surface area contributed by atoms with Crippen LogP contribution in [0.5, 0.6) is 0 Å². The molecule has 0 saturated heterocycles. The predicted molar refractivity (Wildman–Crippen MR) is 70.2 cm³/mol. The minimum Gasteiger partial charge on any atom is -0.327 e. The van der Waals surface area contributed by atoms with E-state index in [1.165, 1.54) is 11.1 Å². The summed E-state index contributed by atoms with van der Waals surface area (Å²) >= 11 is 1.95. The average molecular weight is 223 g/mol. The van der Waals surface area contributed by atoms with Gasteiger partial charge in [0.15, 0.2) is 0 Å².